The van der Waals surface area contributed by atoms with Crippen LogP contribution in [0.4, 0.5) is 11.4 Å². The summed E-state index contributed by atoms with van der Waals surface area (Å²) in [6.07, 6.45) is 0.463. The van der Waals surface area contributed by atoms with E-state index in [0.717, 1.165) is 24.3 Å². The highest BCUT2D eigenvalue weighted by Crippen LogP contribution is 2.19. The van der Waals surface area contributed by atoms with Crippen LogP contribution in [0, 0.1) is 5.92 Å². The van der Waals surface area contributed by atoms with Crippen LogP contribution in [0.25, 0.3) is 0 Å². The van der Waals surface area contributed by atoms with Crippen LogP contribution in [0.3, 0.4) is 0 Å². The molecule has 24 heavy (non-hydrogen) atoms. The van der Waals surface area contributed by atoms with Gasteiger partial charge in [0.25, 0.3) is 5.91 Å². The Kier molecular flexibility index (Phi) is 6.61. The minimum Gasteiger partial charge on any atom is -0.369 e. The lowest BCUT2D eigenvalue weighted by Crippen LogP contribution is -2.47. The van der Waals surface area contributed by atoms with Crippen molar-refractivity contribution < 1.29 is 14.3 Å². The average molecular weight is 333 g/mol. The van der Waals surface area contributed by atoms with E-state index in [1.807, 2.05) is 29.2 Å². The van der Waals surface area contributed by atoms with E-state index in [-0.39, 0.29) is 11.8 Å². The van der Waals surface area contributed by atoms with Crippen molar-refractivity contribution in [3.63, 3.8) is 0 Å². The number of rotatable bonds is 7. The van der Waals surface area contributed by atoms with Crippen LogP contribution in [-0.2, 0) is 14.3 Å². The Hall–Kier alpha value is -2.08. The first-order chi connectivity index (χ1) is 11.5. The van der Waals surface area contributed by atoms with E-state index in [1.165, 1.54) is 0 Å². The zero-order chi connectivity index (χ0) is 17.5. The van der Waals surface area contributed by atoms with Gasteiger partial charge in [-0.25, -0.2) is 0 Å². The fourth-order valence-corrected chi connectivity index (χ4v) is 2.41. The molecule has 1 atom stereocenters. The Morgan fingerprint density at radius 2 is 2.00 bits per heavy atom. The second kappa shape index (κ2) is 8.68. The molecule has 132 valence electrons. The maximum absolute atomic E-state index is 12.1. The number of carbonyl (C=O) groups excluding carboxylic acids is 2. The molecule has 1 saturated heterocycles. The van der Waals surface area contributed by atoms with E-state index in [4.69, 9.17) is 4.74 Å². The molecule has 2 rings (SSSR count). The highest BCUT2D eigenvalue weighted by atomic mass is 16.5. The third-order valence-corrected chi connectivity index (χ3v) is 3.97. The lowest BCUT2D eigenvalue weighted by Gasteiger charge is -2.28. The van der Waals surface area contributed by atoms with Gasteiger partial charge in [-0.1, -0.05) is 13.8 Å². The number of anilines is 2. The number of hydrogen-bond acceptors (Lipinski definition) is 4. The summed E-state index contributed by atoms with van der Waals surface area (Å²) in [5, 5.41) is 5.66. The summed E-state index contributed by atoms with van der Waals surface area (Å²) in [4.78, 5) is 25.6. The number of benzene rings is 1. The second-order valence-electron chi connectivity index (χ2n) is 6.50. The van der Waals surface area contributed by atoms with Crippen molar-refractivity contribution >= 4 is 23.2 Å². The number of piperazine rings is 1. The maximum atomic E-state index is 12.1. The predicted octanol–water partition coefficient (Wildman–Crippen LogP) is 2.01. The van der Waals surface area contributed by atoms with Gasteiger partial charge in [-0.2, -0.15) is 0 Å². The monoisotopic (exact) mass is 333 g/mol. The van der Waals surface area contributed by atoms with Crippen molar-refractivity contribution in [3.05, 3.63) is 24.3 Å². The van der Waals surface area contributed by atoms with Crippen molar-refractivity contribution in [2.45, 2.75) is 33.3 Å². The minimum atomic E-state index is -0.478. The third-order valence-electron chi connectivity index (χ3n) is 3.97. The van der Waals surface area contributed by atoms with Crippen molar-refractivity contribution in [2.75, 3.05) is 36.5 Å². The van der Waals surface area contributed by atoms with Crippen LogP contribution < -0.4 is 15.5 Å². The third kappa shape index (κ3) is 5.53. The SMILES string of the molecule is CC(C)CCO[C@H](C)C(=O)Nc1ccc(N2CCNC(=O)C2)cc1. The molecular weight excluding hydrogens is 306 g/mol. The minimum absolute atomic E-state index is 0.0333. The molecule has 1 aliphatic heterocycles. The molecule has 1 aliphatic rings. The number of carbonyl (C=O) groups is 2. The zero-order valence-electron chi connectivity index (χ0n) is 14.7. The van der Waals surface area contributed by atoms with E-state index in [1.54, 1.807) is 6.92 Å². The maximum Gasteiger partial charge on any atom is 0.253 e. The van der Waals surface area contributed by atoms with Gasteiger partial charge in [0.2, 0.25) is 5.91 Å². The van der Waals surface area contributed by atoms with E-state index in [0.29, 0.717) is 25.6 Å². The van der Waals surface area contributed by atoms with Gasteiger partial charge < -0.3 is 20.3 Å². The average Bonchev–Trinajstić information content (AvgIpc) is 2.55. The molecule has 1 aromatic carbocycles. The van der Waals surface area contributed by atoms with Crippen LogP contribution in [-0.4, -0.2) is 44.2 Å². The molecule has 1 aromatic rings. The molecule has 0 aromatic heterocycles. The summed E-state index contributed by atoms with van der Waals surface area (Å²) in [6.45, 7) is 8.41. The van der Waals surface area contributed by atoms with Gasteiger partial charge >= 0.3 is 0 Å². The summed E-state index contributed by atoms with van der Waals surface area (Å²) >= 11 is 0. The molecule has 0 aliphatic carbocycles. The summed E-state index contributed by atoms with van der Waals surface area (Å²) in [7, 11) is 0. The molecule has 0 spiro atoms. The van der Waals surface area contributed by atoms with Crippen LogP contribution in [0.5, 0.6) is 0 Å². The number of nitrogens with zero attached hydrogens (tertiary/aromatic N) is 1. The fraction of sp³-hybridized carbons (Fsp3) is 0.556. The number of hydrogen-bond donors (Lipinski definition) is 2. The van der Waals surface area contributed by atoms with Gasteiger partial charge in [-0.05, 0) is 43.5 Å². The number of nitrogens with one attached hydrogen (secondary N) is 2. The van der Waals surface area contributed by atoms with Crippen LogP contribution in [0.2, 0.25) is 0 Å². The molecule has 6 heteroatoms. The predicted molar refractivity (Wildman–Crippen MR) is 95.2 cm³/mol. The van der Waals surface area contributed by atoms with Gasteiger partial charge in [0.1, 0.15) is 6.10 Å². The highest BCUT2D eigenvalue weighted by molar-refractivity contribution is 5.94. The lowest BCUT2D eigenvalue weighted by atomic mass is 10.1. The van der Waals surface area contributed by atoms with Crippen LogP contribution in [0.15, 0.2) is 24.3 Å². The zero-order valence-corrected chi connectivity index (χ0v) is 14.7. The molecular formula is C18H27N3O3. The van der Waals surface area contributed by atoms with Crippen LogP contribution >= 0.6 is 0 Å². The van der Waals surface area contributed by atoms with E-state index >= 15 is 0 Å². The summed E-state index contributed by atoms with van der Waals surface area (Å²) in [6, 6.07) is 7.53. The number of ether oxygens (including phenoxy) is 1. The molecule has 0 saturated carbocycles. The van der Waals surface area contributed by atoms with E-state index in [2.05, 4.69) is 24.5 Å². The summed E-state index contributed by atoms with van der Waals surface area (Å²) in [5.41, 5.74) is 1.70. The van der Waals surface area contributed by atoms with Gasteiger partial charge in [0.15, 0.2) is 0 Å². The molecule has 2 N–H and O–H groups in total. The molecule has 0 radical (unpaired) electrons. The first-order valence-corrected chi connectivity index (χ1v) is 8.50. The van der Waals surface area contributed by atoms with Gasteiger partial charge in [-0.15, -0.1) is 0 Å². The molecule has 1 fully saturated rings. The standard InChI is InChI=1S/C18H27N3O3/c1-13(2)8-11-24-14(3)18(23)20-15-4-6-16(7-5-15)21-10-9-19-17(22)12-21/h4-7,13-14H,8-12H2,1-3H3,(H,19,22)(H,20,23)/t14-/m1/s1. The smallest absolute Gasteiger partial charge is 0.253 e. The quantitative estimate of drug-likeness (QED) is 0.801. The molecule has 0 bridgehead atoms. The molecule has 1 heterocycles. The Bertz CT molecular complexity index is 557. The fourth-order valence-electron chi connectivity index (χ4n) is 2.41. The van der Waals surface area contributed by atoms with Crippen molar-refractivity contribution in [1.29, 1.82) is 0 Å². The first kappa shape index (κ1) is 18.3. The van der Waals surface area contributed by atoms with E-state index < -0.39 is 6.10 Å². The van der Waals surface area contributed by atoms with E-state index in [9.17, 15) is 9.59 Å². The largest absolute Gasteiger partial charge is 0.369 e. The van der Waals surface area contributed by atoms with Gasteiger partial charge in [0.05, 0.1) is 6.54 Å². The second-order valence-corrected chi connectivity index (χ2v) is 6.50. The molecule has 2 amide bonds. The lowest BCUT2D eigenvalue weighted by molar-refractivity contribution is -0.126. The van der Waals surface area contributed by atoms with Gasteiger partial charge in [-0.3, -0.25) is 9.59 Å². The molecule has 6 nitrogen and oxygen atoms in total. The Labute approximate surface area is 143 Å². The number of amides is 2. The van der Waals surface area contributed by atoms with Crippen molar-refractivity contribution in [3.8, 4) is 0 Å². The summed E-state index contributed by atoms with van der Waals surface area (Å²) < 4.78 is 5.55. The highest BCUT2D eigenvalue weighted by Gasteiger charge is 2.17. The topological polar surface area (TPSA) is 70.7 Å². The first-order valence-electron chi connectivity index (χ1n) is 8.50. The van der Waals surface area contributed by atoms with Gasteiger partial charge in [0, 0.05) is 31.1 Å². The summed E-state index contributed by atoms with van der Waals surface area (Å²) in [5.74, 6) is 0.444. The van der Waals surface area contributed by atoms with Crippen LogP contribution in [0.1, 0.15) is 27.2 Å². The Balaban J connectivity index is 1.84. The Morgan fingerprint density at radius 3 is 2.62 bits per heavy atom. The normalized spacial score (nSPS) is 16.0. The Morgan fingerprint density at radius 1 is 1.29 bits per heavy atom. The molecule has 0 unspecified atom stereocenters. The van der Waals surface area contributed by atoms with Crippen molar-refractivity contribution in [1.82, 2.24) is 5.32 Å². The van der Waals surface area contributed by atoms with Crippen molar-refractivity contribution in [2.24, 2.45) is 5.92 Å².